The molecule has 0 radical (unpaired) electrons. The zero-order chi connectivity index (χ0) is 10.6. The lowest BCUT2D eigenvalue weighted by Gasteiger charge is -2.25. The fourth-order valence-electron chi connectivity index (χ4n) is 2.20. The van der Waals surface area contributed by atoms with Crippen LogP contribution in [0.15, 0.2) is 0 Å². The summed E-state index contributed by atoms with van der Waals surface area (Å²) in [5.74, 6) is 0.0579. The summed E-state index contributed by atoms with van der Waals surface area (Å²) in [5, 5.41) is 0. The second-order valence-corrected chi connectivity index (χ2v) is 6.48. The van der Waals surface area contributed by atoms with Crippen molar-refractivity contribution < 1.29 is 13.2 Å². The van der Waals surface area contributed by atoms with Crippen molar-refractivity contribution in [2.75, 3.05) is 12.0 Å². The molecular formula is C10H18O3S. The highest BCUT2D eigenvalue weighted by Gasteiger charge is 2.25. The molecule has 0 bridgehead atoms. The Labute approximate surface area is 85.8 Å². The summed E-state index contributed by atoms with van der Waals surface area (Å²) in [4.78, 5) is 10.8. The predicted octanol–water partition coefficient (Wildman–Crippen LogP) is 1.43. The van der Waals surface area contributed by atoms with Gasteiger partial charge in [0.1, 0.15) is 16.1 Å². The molecule has 1 atom stereocenters. The summed E-state index contributed by atoms with van der Waals surface area (Å²) in [6.45, 7) is 0. The topological polar surface area (TPSA) is 51.2 Å². The summed E-state index contributed by atoms with van der Waals surface area (Å²) in [6.07, 6.45) is 7.56. The van der Waals surface area contributed by atoms with Gasteiger partial charge in [-0.2, -0.15) is 0 Å². The van der Waals surface area contributed by atoms with Crippen molar-refractivity contribution in [1.29, 1.82) is 0 Å². The molecule has 0 aromatic heterocycles. The van der Waals surface area contributed by atoms with Gasteiger partial charge in [-0.05, 0) is 18.8 Å². The number of aldehydes is 1. The van der Waals surface area contributed by atoms with E-state index in [0.717, 1.165) is 32.0 Å². The molecule has 0 saturated heterocycles. The fraction of sp³-hybridized carbons (Fsp3) is 0.900. The van der Waals surface area contributed by atoms with Crippen LogP contribution in [0, 0.1) is 11.8 Å². The lowest BCUT2D eigenvalue weighted by Crippen LogP contribution is -2.26. The Hall–Kier alpha value is -0.380. The minimum absolute atomic E-state index is 0.0289. The van der Waals surface area contributed by atoms with E-state index in [1.807, 2.05) is 0 Å². The standard InChI is InChI=1S/C10H18O3S/c1-14(12,13)8-10(7-11)9-5-3-2-4-6-9/h7,9-10H,2-6,8H2,1H3/t10-/m1/s1. The Morgan fingerprint density at radius 2 is 1.86 bits per heavy atom. The second kappa shape index (κ2) is 4.91. The van der Waals surface area contributed by atoms with Crippen LogP contribution < -0.4 is 0 Å². The van der Waals surface area contributed by atoms with Crippen molar-refractivity contribution in [2.24, 2.45) is 11.8 Å². The molecule has 82 valence electrons. The molecule has 0 heterocycles. The lowest BCUT2D eigenvalue weighted by atomic mass is 9.81. The first-order valence-electron chi connectivity index (χ1n) is 5.16. The highest BCUT2D eigenvalue weighted by Crippen LogP contribution is 2.29. The van der Waals surface area contributed by atoms with Gasteiger partial charge in [-0.1, -0.05) is 19.3 Å². The van der Waals surface area contributed by atoms with Crippen molar-refractivity contribution in [2.45, 2.75) is 32.1 Å². The molecule has 1 rings (SSSR count). The van der Waals surface area contributed by atoms with Gasteiger partial charge in [0.05, 0.1) is 5.75 Å². The Bertz CT molecular complexity index is 276. The van der Waals surface area contributed by atoms with Crippen LogP contribution >= 0.6 is 0 Å². The van der Waals surface area contributed by atoms with Gasteiger partial charge >= 0.3 is 0 Å². The van der Waals surface area contributed by atoms with Crippen molar-refractivity contribution in [3.63, 3.8) is 0 Å². The number of sulfone groups is 1. The summed E-state index contributed by atoms with van der Waals surface area (Å²) in [5.41, 5.74) is 0. The molecule has 0 aromatic carbocycles. The van der Waals surface area contributed by atoms with Gasteiger partial charge in [0.25, 0.3) is 0 Å². The van der Waals surface area contributed by atoms with E-state index in [0.29, 0.717) is 5.92 Å². The molecule has 1 aliphatic rings. The minimum Gasteiger partial charge on any atom is -0.303 e. The largest absolute Gasteiger partial charge is 0.303 e. The lowest BCUT2D eigenvalue weighted by molar-refractivity contribution is -0.112. The normalized spacial score (nSPS) is 21.8. The Balaban J connectivity index is 2.56. The van der Waals surface area contributed by atoms with Crippen LogP contribution in [-0.4, -0.2) is 26.7 Å². The summed E-state index contributed by atoms with van der Waals surface area (Å²) in [7, 11) is -3.02. The average Bonchev–Trinajstić information content (AvgIpc) is 2.14. The van der Waals surface area contributed by atoms with E-state index in [-0.39, 0.29) is 11.7 Å². The molecular weight excluding hydrogens is 200 g/mol. The van der Waals surface area contributed by atoms with Crippen molar-refractivity contribution in [1.82, 2.24) is 0 Å². The summed E-state index contributed by atoms with van der Waals surface area (Å²) < 4.78 is 22.2. The maximum Gasteiger partial charge on any atom is 0.148 e. The molecule has 0 unspecified atom stereocenters. The third-order valence-electron chi connectivity index (χ3n) is 2.93. The van der Waals surface area contributed by atoms with E-state index < -0.39 is 9.84 Å². The molecule has 0 aromatic rings. The number of hydrogen-bond acceptors (Lipinski definition) is 3. The van der Waals surface area contributed by atoms with Crippen LogP contribution in [0.5, 0.6) is 0 Å². The maximum absolute atomic E-state index is 11.1. The molecule has 0 N–H and O–H groups in total. The van der Waals surface area contributed by atoms with Gasteiger partial charge in [0.15, 0.2) is 0 Å². The number of rotatable bonds is 4. The quantitative estimate of drug-likeness (QED) is 0.671. The van der Waals surface area contributed by atoms with Crippen molar-refractivity contribution >= 4 is 16.1 Å². The second-order valence-electron chi connectivity index (χ2n) is 4.29. The van der Waals surface area contributed by atoms with Crippen LogP contribution in [0.3, 0.4) is 0 Å². The van der Waals surface area contributed by atoms with E-state index in [4.69, 9.17) is 0 Å². The zero-order valence-corrected chi connectivity index (χ0v) is 9.42. The van der Waals surface area contributed by atoms with Gasteiger partial charge < -0.3 is 4.79 Å². The fourth-order valence-corrected chi connectivity index (χ4v) is 3.25. The highest BCUT2D eigenvalue weighted by atomic mass is 32.2. The average molecular weight is 218 g/mol. The third-order valence-corrected chi connectivity index (χ3v) is 3.92. The van der Waals surface area contributed by atoms with E-state index in [1.54, 1.807) is 0 Å². The van der Waals surface area contributed by atoms with Crippen LogP contribution in [0.4, 0.5) is 0 Å². The van der Waals surface area contributed by atoms with E-state index in [1.165, 1.54) is 12.7 Å². The van der Waals surface area contributed by atoms with Crippen molar-refractivity contribution in [3.8, 4) is 0 Å². The first-order valence-corrected chi connectivity index (χ1v) is 7.22. The van der Waals surface area contributed by atoms with Crippen LogP contribution in [0.25, 0.3) is 0 Å². The van der Waals surface area contributed by atoms with Gasteiger partial charge in [0, 0.05) is 12.2 Å². The zero-order valence-electron chi connectivity index (χ0n) is 8.61. The van der Waals surface area contributed by atoms with Gasteiger partial charge in [-0.15, -0.1) is 0 Å². The molecule has 3 nitrogen and oxygen atoms in total. The summed E-state index contributed by atoms with van der Waals surface area (Å²) >= 11 is 0. The van der Waals surface area contributed by atoms with Crippen molar-refractivity contribution in [3.05, 3.63) is 0 Å². The van der Waals surface area contributed by atoms with E-state index in [9.17, 15) is 13.2 Å². The Kier molecular flexibility index (Phi) is 4.11. The molecule has 0 amide bonds. The van der Waals surface area contributed by atoms with Crippen LogP contribution in [-0.2, 0) is 14.6 Å². The smallest absolute Gasteiger partial charge is 0.148 e. The molecule has 1 fully saturated rings. The molecule has 0 spiro atoms. The predicted molar refractivity (Wildman–Crippen MR) is 55.8 cm³/mol. The first kappa shape index (κ1) is 11.7. The number of hydrogen-bond donors (Lipinski definition) is 0. The first-order chi connectivity index (χ1) is 6.53. The van der Waals surface area contributed by atoms with Gasteiger partial charge in [-0.25, -0.2) is 8.42 Å². The number of carbonyl (C=O) groups is 1. The Morgan fingerprint density at radius 1 is 1.29 bits per heavy atom. The monoisotopic (exact) mass is 218 g/mol. The van der Waals surface area contributed by atoms with Gasteiger partial charge in [0.2, 0.25) is 0 Å². The summed E-state index contributed by atoms with van der Waals surface area (Å²) in [6, 6.07) is 0. The maximum atomic E-state index is 11.1. The van der Waals surface area contributed by atoms with Crippen LogP contribution in [0.2, 0.25) is 0 Å². The van der Waals surface area contributed by atoms with Gasteiger partial charge in [-0.3, -0.25) is 0 Å². The molecule has 1 saturated carbocycles. The Morgan fingerprint density at radius 3 is 2.29 bits per heavy atom. The van der Waals surface area contributed by atoms with E-state index >= 15 is 0 Å². The third kappa shape index (κ3) is 3.78. The van der Waals surface area contributed by atoms with Crippen LogP contribution in [0.1, 0.15) is 32.1 Å². The SMILES string of the molecule is CS(=O)(=O)C[C@@H](C=O)C1CCCCC1. The van der Waals surface area contributed by atoms with E-state index in [2.05, 4.69) is 0 Å². The molecule has 14 heavy (non-hydrogen) atoms. The molecule has 1 aliphatic carbocycles. The molecule has 4 heteroatoms. The number of carbonyl (C=O) groups excluding carboxylic acids is 1. The highest BCUT2D eigenvalue weighted by molar-refractivity contribution is 7.90. The molecule has 0 aliphatic heterocycles. The minimum atomic E-state index is -3.02.